The molecular formula is C10H9BrN2O3. The first-order valence-electron chi connectivity index (χ1n) is 4.47. The van der Waals surface area contributed by atoms with E-state index in [0.717, 1.165) is 4.47 Å². The first-order valence-corrected chi connectivity index (χ1v) is 5.26. The van der Waals surface area contributed by atoms with Crippen molar-refractivity contribution < 1.29 is 14.3 Å². The highest BCUT2D eigenvalue weighted by molar-refractivity contribution is 9.10. The van der Waals surface area contributed by atoms with Crippen molar-refractivity contribution in [1.82, 2.24) is 9.61 Å². The minimum Gasteiger partial charge on any atom is -0.493 e. The number of pyridine rings is 1. The van der Waals surface area contributed by atoms with Crippen molar-refractivity contribution >= 4 is 27.4 Å². The summed E-state index contributed by atoms with van der Waals surface area (Å²) in [5.74, 6) is 0.117. The molecule has 5 nitrogen and oxygen atoms in total. The Bertz CT molecular complexity index is 550. The third kappa shape index (κ3) is 1.55. The van der Waals surface area contributed by atoms with Gasteiger partial charge in [0, 0.05) is 6.20 Å². The lowest BCUT2D eigenvalue weighted by molar-refractivity contribution is 0.0602. The van der Waals surface area contributed by atoms with Crippen LogP contribution in [0.4, 0.5) is 0 Å². The molecule has 0 unspecified atom stereocenters. The van der Waals surface area contributed by atoms with Gasteiger partial charge in [-0.1, -0.05) is 0 Å². The largest absolute Gasteiger partial charge is 0.493 e. The van der Waals surface area contributed by atoms with Gasteiger partial charge in [-0.3, -0.25) is 0 Å². The predicted molar refractivity (Wildman–Crippen MR) is 60.8 cm³/mol. The number of methoxy groups -OCH3 is 2. The zero-order valence-electron chi connectivity index (χ0n) is 8.73. The lowest BCUT2D eigenvalue weighted by Crippen LogP contribution is -2.02. The maximum atomic E-state index is 11.5. The maximum Gasteiger partial charge on any atom is 0.341 e. The minimum absolute atomic E-state index is 0.376. The Kier molecular flexibility index (Phi) is 2.82. The molecule has 2 rings (SSSR count). The predicted octanol–water partition coefficient (Wildman–Crippen LogP) is 1.89. The summed E-state index contributed by atoms with van der Waals surface area (Å²) in [6, 6.07) is 1.79. The Morgan fingerprint density at radius 2 is 2.25 bits per heavy atom. The number of carbonyl (C=O) groups is 1. The number of carbonyl (C=O) groups excluding carboxylic acids is 1. The van der Waals surface area contributed by atoms with Gasteiger partial charge in [-0.05, 0) is 22.0 Å². The van der Waals surface area contributed by atoms with E-state index in [1.54, 1.807) is 16.8 Å². The Labute approximate surface area is 100 Å². The Balaban J connectivity index is 2.77. The molecule has 0 aliphatic heterocycles. The van der Waals surface area contributed by atoms with Gasteiger partial charge in [0.2, 0.25) is 0 Å². The van der Waals surface area contributed by atoms with Crippen LogP contribution in [0.3, 0.4) is 0 Å². The molecular weight excluding hydrogens is 276 g/mol. The van der Waals surface area contributed by atoms with Crippen molar-refractivity contribution in [1.29, 1.82) is 0 Å². The van der Waals surface area contributed by atoms with Crippen molar-refractivity contribution in [3.8, 4) is 5.75 Å². The van der Waals surface area contributed by atoms with Crippen LogP contribution in [0.25, 0.3) is 5.52 Å². The molecule has 2 heterocycles. The van der Waals surface area contributed by atoms with Crippen LogP contribution in [-0.2, 0) is 4.74 Å². The molecule has 84 valence electrons. The van der Waals surface area contributed by atoms with Gasteiger partial charge in [-0.25, -0.2) is 9.31 Å². The third-order valence-electron chi connectivity index (χ3n) is 2.20. The second-order valence-electron chi connectivity index (χ2n) is 3.04. The van der Waals surface area contributed by atoms with E-state index in [1.165, 1.54) is 20.4 Å². The van der Waals surface area contributed by atoms with Crippen LogP contribution in [0.15, 0.2) is 22.9 Å². The summed E-state index contributed by atoms with van der Waals surface area (Å²) in [5, 5.41) is 4.05. The van der Waals surface area contributed by atoms with Gasteiger partial charge in [0.05, 0.1) is 24.9 Å². The van der Waals surface area contributed by atoms with E-state index in [1.807, 2.05) is 0 Å². The van der Waals surface area contributed by atoms with Gasteiger partial charge in [0.15, 0.2) is 5.75 Å². The Morgan fingerprint density at radius 3 is 2.88 bits per heavy atom. The Hall–Kier alpha value is -1.56. The molecule has 16 heavy (non-hydrogen) atoms. The van der Waals surface area contributed by atoms with Crippen LogP contribution < -0.4 is 4.74 Å². The zero-order chi connectivity index (χ0) is 11.7. The monoisotopic (exact) mass is 284 g/mol. The molecule has 0 saturated carbocycles. The molecule has 0 saturated heterocycles. The van der Waals surface area contributed by atoms with Crippen molar-refractivity contribution in [2.75, 3.05) is 14.2 Å². The van der Waals surface area contributed by atoms with Crippen LogP contribution >= 0.6 is 15.9 Å². The highest BCUT2D eigenvalue weighted by Gasteiger charge is 2.18. The van der Waals surface area contributed by atoms with Gasteiger partial charge in [0.25, 0.3) is 0 Å². The fourth-order valence-electron chi connectivity index (χ4n) is 1.48. The van der Waals surface area contributed by atoms with Gasteiger partial charge in [0.1, 0.15) is 11.1 Å². The van der Waals surface area contributed by atoms with Crippen molar-refractivity contribution in [2.45, 2.75) is 0 Å². The third-order valence-corrected chi connectivity index (χ3v) is 2.82. The first kappa shape index (κ1) is 10.9. The van der Waals surface area contributed by atoms with E-state index < -0.39 is 5.97 Å². The molecule has 0 aliphatic carbocycles. The second kappa shape index (κ2) is 4.13. The molecule has 0 amide bonds. The summed E-state index contributed by atoms with van der Waals surface area (Å²) in [6.07, 6.45) is 3.19. The lowest BCUT2D eigenvalue weighted by atomic mass is 10.2. The number of hydrogen-bond acceptors (Lipinski definition) is 4. The Morgan fingerprint density at radius 1 is 1.50 bits per heavy atom. The van der Waals surface area contributed by atoms with E-state index in [2.05, 4.69) is 25.8 Å². The van der Waals surface area contributed by atoms with Gasteiger partial charge in [-0.15, -0.1) is 0 Å². The quantitative estimate of drug-likeness (QED) is 0.791. The molecule has 0 spiro atoms. The van der Waals surface area contributed by atoms with Crippen molar-refractivity contribution in [3.05, 3.63) is 28.5 Å². The summed E-state index contributed by atoms with van der Waals surface area (Å²) in [4.78, 5) is 11.5. The van der Waals surface area contributed by atoms with Crippen LogP contribution in [-0.4, -0.2) is 29.8 Å². The van der Waals surface area contributed by atoms with Crippen LogP contribution in [0.5, 0.6) is 5.75 Å². The number of hydrogen-bond donors (Lipinski definition) is 0. The number of halogens is 1. The topological polar surface area (TPSA) is 52.8 Å². The molecule has 0 bridgehead atoms. The summed E-state index contributed by atoms with van der Waals surface area (Å²) in [7, 11) is 2.87. The number of esters is 1. The van der Waals surface area contributed by atoms with E-state index in [4.69, 9.17) is 4.74 Å². The number of fused-ring (bicyclic) bond motifs is 1. The normalized spacial score (nSPS) is 10.4. The lowest BCUT2D eigenvalue weighted by Gasteiger charge is -2.06. The number of nitrogens with zero attached hydrogens (tertiary/aromatic N) is 2. The number of ether oxygens (including phenoxy) is 2. The molecule has 0 aliphatic rings. The van der Waals surface area contributed by atoms with Crippen LogP contribution in [0.1, 0.15) is 10.4 Å². The first-order chi connectivity index (χ1) is 7.69. The number of aromatic nitrogens is 2. The van der Waals surface area contributed by atoms with Gasteiger partial charge >= 0.3 is 5.97 Å². The van der Waals surface area contributed by atoms with Crippen LogP contribution in [0, 0.1) is 0 Å². The average Bonchev–Trinajstić information content (AvgIpc) is 2.72. The average molecular weight is 285 g/mol. The fourth-order valence-corrected chi connectivity index (χ4v) is 1.95. The van der Waals surface area contributed by atoms with Crippen molar-refractivity contribution in [2.24, 2.45) is 0 Å². The minimum atomic E-state index is -0.439. The molecule has 0 radical (unpaired) electrons. The molecule has 0 N–H and O–H groups in total. The highest BCUT2D eigenvalue weighted by atomic mass is 79.9. The summed E-state index contributed by atoms with van der Waals surface area (Å²) < 4.78 is 12.2. The maximum absolute atomic E-state index is 11.5. The molecule has 2 aromatic heterocycles. The standard InChI is InChI=1S/C10H9BrN2O3/c1-15-9-7(11)3-4-13-8(9)6(5-12-13)10(14)16-2/h3-5H,1-2H3. The summed E-state index contributed by atoms with van der Waals surface area (Å²) in [6.45, 7) is 0. The van der Waals surface area contributed by atoms with Gasteiger partial charge < -0.3 is 9.47 Å². The zero-order valence-corrected chi connectivity index (χ0v) is 10.3. The van der Waals surface area contributed by atoms with Crippen LogP contribution in [0.2, 0.25) is 0 Å². The van der Waals surface area contributed by atoms with E-state index >= 15 is 0 Å². The van der Waals surface area contributed by atoms with Gasteiger partial charge in [-0.2, -0.15) is 5.10 Å². The van der Waals surface area contributed by atoms with Crippen molar-refractivity contribution in [3.63, 3.8) is 0 Å². The summed E-state index contributed by atoms with van der Waals surface area (Å²) in [5.41, 5.74) is 0.962. The SMILES string of the molecule is COC(=O)c1cnn2ccc(Br)c(OC)c12. The smallest absolute Gasteiger partial charge is 0.341 e. The molecule has 0 fully saturated rings. The van der Waals surface area contributed by atoms with E-state index in [-0.39, 0.29) is 0 Å². The second-order valence-corrected chi connectivity index (χ2v) is 3.89. The highest BCUT2D eigenvalue weighted by Crippen LogP contribution is 2.31. The summed E-state index contributed by atoms with van der Waals surface area (Å²) >= 11 is 3.35. The fraction of sp³-hybridized carbons (Fsp3) is 0.200. The van der Waals surface area contributed by atoms with E-state index in [9.17, 15) is 4.79 Å². The molecule has 0 atom stereocenters. The molecule has 0 aromatic carbocycles. The molecule has 6 heteroatoms. The van der Waals surface area contributed by atoms with E-state index in [0.29, 0.717) is 16.8 Å². The number of rotatable bonds is 2. The molecule has 2 aromatic rings.